The number of hydrogen-bond donors (Lipinski definition) is 0. The maximum absolute atomic E-state index is 2.56. The molecule has 0 aromatic carbocycles. The average Bonchev–Trinajstić information content (AvgIpc) is 2.99. The summed E-state index contributed by atoms with van der Waals surface area (Å²) in [5.41, 5.74) is 1.55. The van der Waals surface area contributed by atoms with Gasteiger partial charge >= 0.3 is 0 Å². The van der Waals surface area contributed by atoms with E-state index >= 15 is 0 Å². The monoisotopic (exact) mass is 274 g/mol. The molecule has 2 heteroatoms. The Bertz CT molecular complexity index is 347. The number of hydrogen-bond acceptors (Lipinski definition) is 0. The summed E-state index contributed by atoms with van der Waals surface area (Å²) in [4.78, 5) is 0. The van der Waals surface area contributed by atoms with Gasteiger partial charge in [0.1, 0.15) is 0 Å². The molecule has 0 saturated heterocycles. The second kappa shape index (κ2) is 5.18. The Morgan fingerprint density at radius 1 is 0.611 bits per heavy atom. The average molecular weight is 275 g/mol. The second-order valence-electron chi connectivity index (χ2n) is 7.07. The van der Waals surface area contributed by atoms with Crippen molar-refractivity contribution in [2.24, 2.45) is 0 Å². The summed E-state index contributed by atoms with van der Waals surface area (Å²) < 4.78 is 0. The van der Waals surface area contributed by atoms with Crippen LogP contribution in [-0.4, -0.2) is 16.1 Å². The standard InChI is InChI=1S/C16H26Si2/c1-17(2,15-9-5-6-10-15)13-14-18(3,4)16-11-7-8-12-16/h5-12,15-16H,13-14H2,1-4H3. The van der Waals surface area contributed by atoms with Gasteiger partial charge in [-0.05, 0) is 11.1 Å². The van der Waals surface area contributed by atoms with Crippen LogP contribution in [0.4, 0.5) is 0 Å². The van der Waals surface area contributed by atoms with Crippen LogP contribution in [-0.2, 0) is 0 Å². The molecule has 2 aliphatic rings. The van der Waals surface area contributed by atoms with Crippen molar-refractivity contribution >= 4 is 16.1 Å². The lowest BCUT2D eigenvalue weighted by molar-refractivity contribution is 1.14. The Morgan fingerprint density at radius 3 is 1.17 bits per heavy atom. The van der Waals surface area contributed by atoms with Crippen molar-refractivity contribution in [3.05, 3.63) is 48.6 Å². The highest BCUT2D eigenvalue weighted by Crippen LogP contribution is 2.38. The van der Waals surface area contributed by atoms with Gasteiger partial charge in [0.25, 0.3) is 0 Å². The molecule has 0 spiro atoms. The van der Waals surface area contributed by atoms with Crippen LogP contribution in [0.15, 0.2) is 48.6 Å². The zero-order valence-electron chi connectivity index (χ0n) is 12.2. The van der Waals surface area contributed by atoms with Gasteiger partial charge in [-0.15, -0.1) is 0 Å². The van der Waals surface area contributed by atoms with Crippen LogP contribution in [0.2, 0.25) is 49.4 Å². The number of allylic oxidation sites excluding steroid dienone is 8. The maximum Gasteiger partial charge on any atom is 0.0585 e. The first-order valence-corrected chi connectivity index (χ1v) is 13.7. The van der Waals surface area contributed by atoms with Crippen LogP contribution in [0.25, 0.3) is 0 Å². The summed E-state index contributed by atoms with van der Waals surface area (Å²) in [6, 6.07) is 2.95. The van der Waals surface area contributed by atoms with Gasteiger partial charge < -0.3 is 0 Å². The fraction of sp³-hybridized carbons (Fsp3) is 0.500. The SMILES string of the molecule is C[Si](C)(CC[Si](C)(C)C1C=CC=C1)C1C=CC=C1. The van der Waals surface area contributed by atoms with Gasteiger partial charge in [-0.25, -0.2) is 0 Å². The molecule has 0 nitrogen and oxygen atoms in total. The van der Waals surface area contributed by atoms with Crippen molar-refractivity contribution in [2.75, 3.05) is 0 Å². The Kier molecular flexibility index (Phi) is 3.97. The summed E-state index contributed by atoms with van der Waals surface area (Å²) in [6.07, 6.45) is 18.6. The molecule has 2 aliphatic carbocycles. The summed E-state index contributed by atoms with van der Waals surface area (Å²) in [5, 5.41) is 0. The summed E-state index contributed by atoms with van der Waals surface area (Å²) >= 11 is 0. The lowest BCUT2D eigenvalue weighted by Crippen LogP contribution is -2.36. The van der Waals surface area contributed by atoms with E-state index in [9.17, 15) is 0 Å². The van der Waals surface area contributed by atoms with E-state index in [0.717, 1.165) is 11.1 Å². The van der Waals surface area contributed by atoms with Gasteiger partial charge in [-0.2, -0.15) is 0 Å². The lowest BCUT2D eigenvalue weighted by atomic mass is 10.5. The molecule has 0 fully saturated rings. The van der Waals surface area contributed by atoms with Crippen LogP contribution in [0.3, 0.4) is 0 Å². The Labute approximate surface area is 114 Å². The molecule has 0 atom stereocenters. The Balaban J connectivity index is 1.94. The summed E-state index contributed by atoms with van der Waals surface area (Å²) in [5.74, 6) is 0. The maximum atomic E-state index is 2.56. The van der Waals surface area contributed by atoms with E-state index in [0.29, 0.717) is 0 Å². The van der Waals surface area contributed by atoms with E-state index in [1.807, 2.05) is 0 Å². The molecule has 0 heterocycles. The molecule has 0 aliphatic heterocycles. The third-order valence-corrected chi connectivity index (χ3v) is 12.7. The molecular formula is C16H26Si2. The van der Waals surface area contributed by atoms with Gasteiger partial charge in [-0.3, -0.25) is 0 Å². The van der Waals surface area contributed by atoms with Crippen molar-refractivity contribution < 1.29 is 0 Å². The topological polar surface area (TPSA) is 0 Å². The molecule has 0 aromatic rings. The molecule has 0 saturated carbocycles. The highest BCUT2D eigenvalue weighted by atomic mass is 28.3. The first kappa shape index (κ1) is 13.8. The quantitative estimate of drug-likeness (QED) is 0.589. The van der Waals surface area contributed by atoms with E-state index < -0.39 is 16.1 Å². The highest BCUT2D eigenvalue weighted by molar-refractivity contribution is 6.84. The first-order valence-electron chi connectivity index (χ1n) is 7.12. The van der Waals surface area contributed by atoms with Crippen LogP contribution in [0.1, 0.15) is 0 Å². The highest BCUT2D eigenvalue weighted by Gasteiger charge is 2.35. The Morgan fingerprint density at radius 2 is 0.889 bits per heavy atom. The minimum atomic E-state index is -1.12. The van der Waals surface area contributed by atoms with Gasteiger partial charge in [0.2, 0.25) is 0 Å². The zero-order valence-corrected chi connectivity index (χ0v) is 14.2. The Hall–Kier alpha value is -0.606. The van der Waals surface area contributed by atoms with Gasteiger partial charge in [0, 0.05) is 0 Å². The first-order chi connectivity index (χ1) is 8.42. The molecule has 0 unspecified atom stereocenters. The van der Waals surface area contributed by atoms with Crippen LogP contribution >= 0.6 is 0 Å². The zero-order chi connectivity index (χ0) is 13.2. The normalized spacial score (nSPS) is 20.4. The van der Waals surface area contributed by atoms with Crippen molar-refractivity contribution in [1.82, 2.24) is 0 Å². The molecule has 18 heavy (non-hydrogen) atoms. The third kappa shape index (κ3) is 3.04. The van der Waals surface area contributed by atoms with Crippen molar-refractivity contribution in [2.45, 2.75) is 49.4 Å². The van der Waals surface area contributed by atoms with Gasteiger partial charge in [0.15, 0.2) is 0 Å². The van der Waals surface area contributed by atoms with Crippen LogP contribution < -0.4 is 0 Å². The fourth-order valence-corrected chi connectivity index (χ4v) is 11.2. The van der Waals surface area contributed by atoms with E-state index in [2.05, 4.69) is 74.8 Å². The smallest absolute Gasteiger partial charge is 0.0585 e. The van der Waals surface area contributed by atoms with Crippen molar-refractivity contribution in [3.63, 3.8) is 0 Å². The molecule has 0 aromatic heterocycles. The molecular weight excluding hydrogens is 248 g/mol. The largest absolute Gasteiger partial charge is 0.0803 e. The van der Waals surface area contributed by atoms with E-state index in [1.54, 1.807) is 0 Å². The lowest BCUT2D eigenvalue weighted by Gasteiger charge is -2.33. The molecule has 98 valence electrons. The number of rotatable bonds is 5. The molecule has 0 amide bonds. The summed E-state index contributed by atoms with van der Waals surface area (Å²) in [7, 11) is -2.24. The predicted octanol–water partition coefficient (Wildman–Crippen LogP) is 5.40. The minimum absolute atomic E-state index is 0.775. The van der Waals surface area contributed by atoms with Crippen molar-refractivity contribution in [3.8, 4) is 0 Å². The molecule has 0 N–H and O–H groups in total. The van der Waals surface area contributed by atoms with Crippen molar-refractivity contribution in [1.29, 1.82) is 0 Å². The third-order valence-electron chi connectivity index (χ3n) is 4.71. The van der Waals surface area contributed by atoms with E-state index in [4.69, 9.17) is 0 Å². The van der Waals surface area contributed by atoms with Crippen LogP contribution in [0, 0.1) is 0 Å². The molecule has 0 bridgehead atoms. The van der Waals surface area contributed by atoms with E-state index in [-0.39, 0.29) is 0 Å². The molecule has 2 rings (SSSR count). The predicted molar refractivity (Wildman–Crippen MR) is 88.6 cm³/mol. The fourth-order valence-electron chi connectivity index (χ4n) is 2.88. The summed E-state index contributed by atoms with van der Waals surface area (Å²) in [6.45, 7) is 10.2. The van der Waals surface area contributed by atoms with E-state index in [1.165, 1.54) is 12.1 Å². The van der Waals surface area contributed by atoms with Gasteiger partial charge in [-0.1, -0.05) is 86.9 Å². The second-order valence-corrected chi connectivity index (χ2v) is 17.4. The molecule has 0 radical (unpaired) electrons. The minimum Gasteiger partial charge on any atom is -0.0803 e. The van der Waals surface area contributed by atoms with Gasteiger partial charge in [0.05, 0.1) is 16.1 Å². The van der Waals surface area contributed by atoms with Crippen LogP contribution in [0.5, 0.6) is 0 Å².